The van der Waals surface area contributed by atoms with Crippen LogP contribution in [-0.4, -0.2) is 38.4 Å². The fourth-order valence-electron chi connectivity index (χ4n) is 2.94. The zero-order chi connectivity index (χ0) is 15.7. The first-order chi connectivity index (χ1) is 10.6. The highest BCUT2D eigenvalue weighted by Crippen LogP contribution is 2.32. The van der Waals surface area contributed by atoms with Crippen molar-refractivity contribution in [2.75, 3.05) is 13.1 Å². The lowest BCUT2D eigenvalue weighted by atomic mass is 9.98. The molecule has 2 aromatic rings. The van der Waals surface area contributed by atoms with Crippen LogP contribution in [0.4, 0.5) is 0 Å². The third-order valence-electron chi connectivity index (χ3n) is 4.46. The van der Waals surface area contributed by atoms with E-state index in [0.717, 1.165) is 31.6 Å². The van der Waals surface area contributed by atoms with Crippen molar-refractivity contribution in [2.24, 2.45) is 0 Å². The summed E-state index contributed by atoms with van der Waals surface area (Å²) >= 11 is 1.78. The molecule has 3 rings (SSSR count). The van der Waals surface area contributed by atoms with E-state index in [0.29, 0.717) is 5.92 Å². The lowest BCUT2D eigenvalue weighted by Gasteiger charge is -2.33. The van der Waals surface area contributed by atoms with Gasteiger partial charge < -0.3 is 9.47 Å². The van der Waals surface area contributed by atoms with Crippen molar-refractivity contribution in [1.29, 1.82) is 0 Å². The van der Waals surface area contributed by atoms with Gasteiger partial charge in [0.25, 0.3) is 0 Å². The van der Waals surface area contributed by atoms with E-state index in [1.807, 2.05) is 22.6 Å². The first-order valence-electron chi connectivity index (χ1n) is 7.76. The fraction of sp³-hybridized carbons (Fsp3) is 0.562. The van der Waals surface area contributed by atoms with Crippen molar-refractivity contribution in [2.45, 2.75) is 45.6 Å². The van der Waals surface area contributed by atoms with Crippen LogP contribution in [0.15, 0.2) is 18.7 Å². The number of imidazole rings is 1. The van der Waals surface area contributed by atoms with Gasteiger partial charge in [0.2, 0.25) is 5.91 Å². The Morgan fingerprint density at radius 1 is 1.45 bits per heavy atom. The second-order valence-corrected chi connectivity index (χ2v) is 7.24. The Hall–Kier alpha value is -1.69. The topological polar surface area (TPSA) is 51.0 Å². The van der Waals surface area contributed by atoms with Gasteiger partial charge in [-0.05, 0) is 33.6 Å². The number of hydrogen-bond acceptors (Lipinski definition) is 4. The van der Waals surface area contributed by atoms with E-state index in [1.54, 1.807) is 23.9 Å². The van der Waals surface area contributed by atoms with Crippen molar-refractivity contribution >= 4 is 17.2 Å². The van der Waals surface area contributed by atoms with E-state index >= 15 is 0 Å². The number of aromatic nitrogens is 3. The third-order valence-corrected chi connectivity index (χ3v) is 5.69. The first-order valence-corrected chi connectivity index (χ1v) is 8.58. The van der Waals surface area contributed by atoms with Crippen LogP contribution < -0.4 is 0 Å². The zero-order valence-electron chi connectivity index (χ0n) is 13.3. The van der Waals surface area contributed by atoms with Gasteiger partial charge >= 0.3 is 0 Å². The van der Waals surface area contributed by atoms with Gasteiger partial charge in [-0.1, -0.05) is 0 Å². The number of thiazole rings is 1. The number of piperidine rings is 1. The molecule has 0 spiro atoms. The Labute approximate surface area is 135 Å². The molecule has 118 valence electrons. The van der Waals surface area contributed by atoms with E-state index in [1.165, 1.54) is 9.88 Å². The highest BCUT2D eigenvalue weighted by Gasteiger charge is 2.29. The molecular weight excluding hydrogens is 296 g/mol. The number of likely N-dealkylation sites (tertiary alicyclic amines) is 1. The van der Waals surface area contributed by atoms with Crippen LogP contribution in [0.5, 0.6) is 0 Å². The lowest BCUT2D eigenvalue weighted by Crippen LogP contribution is -2.42. The van der Waals surface area contributed by atoms with E-state index < -0.39 is 0 Å². The van der Waals surface area contributed by atoms with Crippen LogP contribution in [0, 0.1) is 13.8 Å². The molecule has 22 heavy (non-hydrogen) atoms. The molecule has 0 unspecified atom stereocenters. The number of amides is 1. The smallest absolute Gasteiger partial charge is 0.245 e. The summed E-state index contributed by atoms with van der Waals surface area (Å²) in [5.41, 5.74) is 1.12. The molecule has 2 aromatic heterocycles. The van der Waals surface area contributed by atoms with Gasteiger partial charge in [-0.25, -0.2) is 9.97 Å². The Morgan fingerprint density at radius 3 is 2.91 bits per heavy atom. The van der Waals surface area contributed by atoms with Crippen LogP contribution >= 0.6 is 11.3 Å². The van der Waals surface area contributed by atoms with Gasteiger partial charge in [0.15, 0.2) is 0 Å². The molecule has 6 heteroatoms. The molecule has 0 aromatic carbocycles. The molecule has 0 saturated carbocycles. The molecule has 5 nitrogen and oxygen atoms in total. The maximum Gasteiger partial charge on any atom is 0.245 e. The quantitative estimate of drug-likeness (QED) is 0.874. The predicted molar refractivity (Wildman–Crippen MR) is 87.1 cm³/mol. The van der Waals surface area contributed by atoms with Gasteiger partial charge in [0, 0.05) is 36.3 Å². The second-order valence-electron chi connectivity index (χ2n) is 6.00. The van der Waals surface area contributed by atoms with E-state index in [2.05, 4.69) is 23.8 Å². The summed E-state index contributed by atoms with van der Waals surface area (Å²) in [4.78, 5) is 24.7. The highest BCUT2D eigenvalue weighted by molar-refractivity contribution is 7.11. The summed E-state index contributed by atoms with van der Waals surface area (Å²) in [6.45, 7) is 7.73. The molecule has 0 aliphatic carbocycles. The highest BCUT2D eigenvalue weighted by atomic mass is 32.1. The van der Waals surface area contributed by atoms with Crippen LogP contribution in [-0.2, 0) is 4.79 Å². The van der Waals surface area contributed by atoms with Gasteiger partial charge in [0.1, 0.15) is 6.04 Å². The maximum atomic E-state index is 12.7. The molecule has 1 saturated heterocycles. The van der Waals surface area contributed by atoms with E-state index in [9.17, 15) is 4.79 Å². The molecule has 0 N–H and O–H groups in total. The minimum absolute atomic E-state index is 0.174. The number of carbonyl (C=O) groups is 1. The molecule has 3 heterocycles. The monoisotopic (exact) mass is 318 g/mol. The number of nitrogens with zero attached hydrogens (tertiary/aromatic N) is 4. The Morgan fingerprint density at radius 2 is 2.27 bits per heavy atom. The second kappa shape index (κ2) is 6.20. The van der Waals surface area contributed by atoms with Crippen LogP contribution in [0.25, 0.3) is 0 Å². The van der Waals surface area contributed by atoms with Crippen LogP contribution in [0.3, 0.4) is 0 Å². The van der Waals surface area contributed by atoms with Crippen molar-refractivity contribution in [3.63, 3.8) is 0 Å². The SMILES string of the molecule is Cc1nc([C@H]2CCCN(C(=O)[C@@H](C)n3ccnc3)C2)sc1C. The van der Waals surface area contributed by atoms with Crippen LogP contribution in [0.1, 0.15) is 47.3 Å². The van der Waals surface area contributed by atoms with Crippen molar-refractivity contribution in [3.05, 3.63) is 34.3 Å². The fourth-order valence-corrected chi connectivity index (χ4v) is 3.99. The van der Waals surface area contributed by atoms with Gasteiger partial charge in [-0.2, -0.15) is 0 Å². The average Bonchev–Trinajstić information content (AvgIpc) is 3.17. The predicted octanol–water partition coefficient (Wildman–Crippen LogP) is 2.92. The lowest BCUT2D eigenvalue weighted by molar-refractivity contribution is -0.135. The van der Waals surface area contributed by atoms with Gasteiger partial charge in [0.05, 0.1) is 17.0 Å². The molecule has 1 fully saturated rings. The molecule has 1 amide bonds. The van der Waals surface area contributed by atoms with Crippen molar-refractivity contribution in [1.82, 2.24) is 19.4 Å². The summed E-state index contributed by atoms with van der Waals surface area (Å²) < 4.78 is 1.86. The average molecular weight is 318 g/mol. The molecule has 1 aliphatic rings. The maximum absolute atomic E-state index is 12.7. The van der Waals surface area contributed by atoms with E-state index in [4.69, 9.17) is 0 Å². The molecule has 1 aliphatic heterocycles. The molecule has 0 radical (unpaired) electrons. The summed E-state index contributed by atoms with van der Waals surface area (Å²) in [6, 6.07) is -0.194. The molecule has 0 bridgehead atoms. The number of aryl methyl sites for hydroxylation is 2. The first kappa shape index (κ1) is 15.2. The zero-order valence-corrected chi connectivity index (χ0v) is 14.1. The van der Waals surface area contributed by atoms with Gasteiger partial charge in [-0.3, -0.25) is 4.79 Å². The Bertz CT molecular complexity index is 630. The van der Waals surface area contributed by atoms with Crippen LogP contribution in [0.2, 0.25) is 0 Å². The minimum Gasteiger partial charge on any atom is -0.340 e. The summed E-state index contributed by atoms with van der Waals surface area (Å²) in [5, 5.41) is 1.18. The molecule has 2 atom stereocenters. The number of rotatable bonds is 3. The standard InChI is InChI=1S/C16H22N4OS/c1-11-13(3)22-15(18-11)14-5-4-7-19(9-14)16(21)12(2)20-8-6-17-10-20/h6,8,10,12,14H,4-5,7,9H2,1-3H3/t12-,14+/m1/s1. The van der Waals surface area contributed by atoms with E-state index in [-0.39, 0.29) is 11.9 Å². The normalized spacial score (nSPS) is 20.1. The summed E-state index contributed by atoms with van der Waals surface area (Å²) in [5.74, 6) is 0.554. The largest absolute Gasteiger partial charge is 0.340 e. The molecular formula is C16H22N4OS. The Balaban J connectivity index is 1.71. The minimum atomic E-state index is -0.194. The Kier molecular flexibility index (Phi) is 4.29. The van der Waals surface area contributed by atoms with Gasteiger partial charge in [-0.15, -0.1) is 11.3 Å². The van der Waals surface area contributed by atoms with Crippen molar-refractivity contribution < 1.29 is 4.79 Å². The van der Waals surface area contributed by atoms with Crippen molar-refractivity contribution in [3.8, 4) is 0 Å². The number of carbonyl (C=O) groups excluding carboxylic acids is 1. The summed E-state index contributed by atoms with van der Waals surface area (Å²) in [7, 11) is 0. The third kappa shape index (κ3) is 2.92. The number of hydrogen-bond donors (Lipinski definition) is 0. The summed E-state index contributed by atoms with van der Waals surface area (Å²) in [6.07, 6.45) is 7.43.